The van der Waals surface area contributed by atoms with E-state index in [4.69, 9.17) is 25.2 Å². The molecule has 0 spiro atoms. The van der Waals surface area contributed by atoms with Crippen LogP contribution in [0.15, 0.2) is 24.5 Å². The van der Waals surface area contributed by atoms with Gasteiger partial charge in [-0.3, -0.25) is 0 Å². The summed E-state index contributed by atoms with van der Waals surface area (Å²) in [4.78, 5) is 14.3. The van der Waals surface area contributed by atoms with Gasteiger partial charge in [-0.05, 0) is 38.5 Å². The molecule has 0 saturated heterocycles. The normalized spacial score (nSPS) is 21.1. The van der Waals surface area contributed by atoms with Gasteiger partial charge in [0.1, 0.15) is 11.5 Å². The van der Waals surface area contributed by atoms with Crippen molar-refractivity contribution in [1.82, 2.24) is 19.5 Å². The van der Waals surface area contributed by atoms with Crippen LogP contribution in [0.3, 0.4) is 0 Å². The quantitative estimate of drug-likeness (QED) is 0.528. The van der Waals surface area contributed by atoms with Crippen LogP contribution >= 0.6 is 0 Å². The van der Waals surface area contributed by atoms with Crippen LogP contribution in [-0.2, 0) is 0 Å². The van der Waals surface area contributed by atoms with Crippen molar-refractivity contribution < 1.29 is 9.47 Å². The zero-order valence-corrected chi connectivity index (χ0v) is 18.0. The first-order chi connectivity index (χ1) is 15.1. The molecule has 0 amide bonds. The zero-order valence-electron chi connectivity index (χ0n) is 18.0. The van der Waals surface area contributed by atoms with Crippen molar-refractivity contribution in [2.45, 2.75) is 56.7 Å². The van der Waals surface area contributed by atoms with Gasteiger partial charge in [-0.2, -0.15) is 9.97 Å². The number of anilines is 3. The fraction of sp³-hybridized carbons (Fsp3) is 0.500. The van der Waals surface area contributed by atoms with E-state index >= 15 is 0 Å². The third-order valence-corrected chi connectivity index (χ3v) is 6.08. The van der Waals surface area contributed by atoms with Crippen LogP contribution in [0.5, 0.6) is 11.5 Å². The Hall–Kier alpha value is -3.07. The van der Waals surface area contributed by atoms with Gasteiger partial charge in [0.2, 0.25) is 5.95 Å². The number of nitrogens with one attached hydrogen (secondary N) is 2. The highest BCUT2D eigenvalue weighted by Gasteiger charge is 2.27. The first-order valence-electron chi connectivity index (χ1n) is 10.9. The number of imidazole rings is 1. The summed E-state index contributed by atoms with van der Waals surface area (Å²) in [5, 5.41) is 6.94. The number of methoxy groups -OCH3 is 2. The molecule has 0 atom stereocenters. The van der Waals surface area contributed by atoms with E-state index in [0.717, 1.165) is 55.4 Å². The third-order valence-electron chi connectivity index (χ3n) is 6.08. The molecule has 5 rings (SSSR count). The molecule has 9 heteroatoms. The van der Waals surface area contributed by atoms with E-state index in [-0.39, 0.29) is 0 Å². The smallest absolute Gasteiger partial charge is 0.227 e. The van der Waals surface area contributed by atoms with Crippen LogP contribution in [0.25, 0.3) is 11.2 Å². The van der Waals surface area contributed by atoms with Crippen molar-refractivity contribution in [2.24, 2.45) is 5.73 Å². The first kappa shape index (κ1) is 19.9. The highest BCUT2D eigenvalue weighted by Crippen LogP contribution is 2.38. The maximum atomic E-state index is 6.07. The Morgan fingerprint density at radius 1 is 0.968 bits per heavy atom. The van der Waals surface area contributed by atoms with E-state index < -0.39 is 0 Å². The highest BCUT2D eigenvalue weighted by molar-refractivity contribution is 5.87. The number of nitrogens with zero attached hydrogens (tertiary/aromatic N) is 4. The zero-order chi connectivity index (χ0) is 21.4. The van der Waals surface area contributed by atoms with Crippen molar-refractivity contribution in [2.75, 3.05) is 24.9 Å². The van der Waals surface area contributed by atoms with Crippen LogP contribution in [0.4, 0.5) is 17.5 Å². The Kier molecular flexibility index (Phi) is 5.27. The minimum absolute atomic E-state index is 0.304. The summed E-state index contributed by atoms with van der Waals surface area (Å²) in [6.45, 7) is 0. The van der Waals surface area contributed by atoms with Crippen LogP contribution < -0.4 is 25.8 Å². The Morgan fingerprint density at radius 3 is 2.32 bits per heavy atom. The molecule has 31 heavy (non-hydrogen) atoms. The van der Waals surface area contributed by atoms with Crippen molar-refractivity contribution >= 4 is 28.6 Å². The number of rotatable bonds is 7. The minimum Gasteiger partial charge on any atom is -0.497 e. The SMILES string of the molecule is COc1cc(Nc2nc(NC3CCC(N)CC3)nc3c2ncn3C2CC2)cc(OC)c1. The van der Waals surface area contributed by atoms with Crippen LogP contribution in [0.1, 0.15) is 44.6 Å². The lowest BCUT2D eigenvalue weighted by molar-refractivity contribution is 0.395. The summed E-state index contributed by atoms with van der Waals surface area (Å²) in [6.07, 6.45) is 8.30. The van der Waals surface area contributed by atoms with Crippen molar-refractivity contribution in [1.29, 1.82) is 0 Å². The average molecular weight is 424 g/mol. The van der Waals surface area contributed by atoms with E-state index in [1.165, 1.54) is 0 Å². The Balaban J connectivity index is 1.50. The molecule has 4 N–H and O–H groups in total. The molecule has 2 aliphatic rings. The van der Waals surface area contributed by atoms with Crippen LogP contribution in [0, 0.1) is 0 Å². The predicted octanol–water partition coefficient (Wildman–Crippen LogP) is 3.60. The van der Waals surface area contributed by atoms with E-state index in [1.54, 1.807) is 14.2 Å². The van der Waals surface area contributed by atoms with Crippen molar-refractivity contribution in [3.05, 3.63) is 24.5 Å². The number of ether oxygens (including phenoxy) is 2. The summed E-state index contributed by atoms with van der Waals surface area (Å²) in [6, 6.07) is 6.76. The number of hydrogen-bond donors (Lipinski definition) is 3. The molecule has 2 aromatic heterocycles. The summed E-state index contributed by atoms with van der Waals surface area (Å²) < 4.78 is 13.0. The number of aromatic nitrogens is 4. The predicted molar refractivity (Wildman–Crippen MR) is 120 cm³/mol. The molecule has 3 aromatic rings. The molecule has 0 radical (unpaired) electrons. The summed E-state index contributed by atoms with van der Waals surface area (Å²) in [5.74, 6) is 2.68. The van der Waals surface area contributed by atoms with E-state index in [2.05, 4.69) is 20.2 Å². The van der Waals surface area contributed by atoms with Crippen LogP contribution in [-0.4, -0.2) is 45.8 Å². The standard InChI is InChI=1S/C22H29N7O2/c1-30-17-9-15(10-18(11-17)31-2)25-20-19-21(29(12-24-19)16-7-8-16)28-22(27-20)26-14-5-3-13(23)4-6-14/h9-14,16H,3-8,23H2,1-2H3,(H2,25,26,27,28). The second-order valence-electron chi connectivity index (χ2n) is 8.43. The topological polar surface area (TPSA) is 112 Å². The second-order valence-corrected chi connectivity index (χ2v) is 8.43. The molecule has 0 aliphatic heterocycles. The lowest BCUT2D eigenvalue weighted by Crippen LogP contribution is -2.33. The first-order valence-corrected chi connectivity index (χ1v) is 10.9. The Morgan fingerprint density at radius 2 is 1.68 bits per heavy atom. The molecule has 9 nitrogen and oxygen atoms in total. The third kappa shape index (κ3) is 4.23. The van der Waals surface area contributed by atoms with E-state index in [1.807, 2.05) is 24.5 Å². The molecule has 2 heterocycles. The molecule has 2 fully saturated rings. The highest BCUT2D eigenvalue weighted by atomic mass is 16.5. The van der Waals surface area contributed by atoms with Crippen LogP contribution in [0.2, 0.25) is 0 Å². The van der Waals surface area contributed by atoms with Gasteiger partial charge in [0, 0.05) is 42.0 Å². The number of fused-ring (bicyclic) bond motifs is 1. The van der Waals surface area contributed by atoms with Crippen molar-refractivity contribution in [3.8, 4) is 11.5 Å². The van der Waals surface area contributed by atoms with E-state index in [0.29, 0.717) is 41.4 Å². The molecule has 0 bridgehead atoms. The number of nitrogens with two attached hydrogens (primary N) is 1. The molecule has 2 aliphatic carbocycles. The maximum absolute atomic E-state index is 6.07. The Labute approximate surface area is 181 Å². The number of benzene rings is 1. The summed E-state index contributed by atoms with van der Waals surface area (Å²) in [5.41, 5.74) is 8.49. The fourth-order valence-corrected chi connectivity index (χ4v) is 4.15. The van der Waals surface area contributed by atoms with Gasteiger partial charge in [-0.25, -0.2) is 4.98 Å². The monoisotopic (exact) mass is 423 g/mol. The lowest BCUT2D eigenvalue weighted by atomic mass is 9.92. The Bertz CT molecular complexity index is 1050. The van der Waals surface area contributed by atoms with Gasteiger partial charge in [0.25, 0.3) is 0 Å². The fourth-order valence-electron chi connectivity index (χ4n) is 4.15. The molecule has 0 unspecified atom stereocenters. The van der Waals surface area contributed by atoms with Gasteiger partial charge in [0.15, 0.2) is 17.0 Å². The molecule has 2 saturated carbocycles. The summed E-state index contributed by atoms with van der Waals surface area (Å²) >= 11 is 0. The lowest BCUT2D eigenvalue weighted by Gasteiger charge is -2.26. The molecule has 164 valence electrons. The van der Waals surface area contributed by atoms with Gasteiger partial charge >= 0.3 is 0 Å². The maximum Gasteiger partial charge on any atom is 0.227 e. The molecular formula is C22H29N7O2. The van der Waals surface area contributed by atoms with Gasteiger partial charge in [-0.15, -0.1) is 0 Å². The van der Waals surface area contributed by atoms with Gasteiger partial charge in [0.05, 0.1) is 20.5 Å². The summed E-state index contributed by atoms with van der Waals surface area (Å²) in [7, 11) is 3.27. The largest absolute Gasteiger partial charge is 0.497 e. The average Bonchev–Trinajstić information content (AvgIpc) is 3.54. The van der Waals surface area contributed by atoms with Crippen molar-refractivity contribution in [3.63, 3.8) is 0 Å². The molecular weight excluding hydrogens is 394 g/mol. The van der Waals surface area contributed by atoms with Gasteiger partial charge in [-0.1, -0.05) is 0 Å². The molecule has 1 aromatic carbocycles. The number of hydrogen-bond acceptors (Lipinski definition) is 8. The van der Waals surface area contributed by atoms with Gasteiger partial charge < -0.3 is 30.4 Å². The van der Waals surface area contributed by atoms with E-state index in [9.17, 15) is 0 Å². The second kappa shape index (κ2) is 8.22. The minimum atomic E-state index is 0.304.